The van der Waals surface area contributed by atoms with Crippen molar-refractivity contribution in [2.75, 3.05) is 49.6 Å². The predicted octanol–water partition coefficient (Wildman–Crippen LogP) is 2.00. The van der Waals surface area contributed by atoms with Gasteiger partial charge in [0.15, 0.2) is 0 Å². The average Bonchev–Trinajstić information content (AvgIpc) is 3.03. The van der Waals surface area contributed by atoms with Crippen LogP contribution in [0.2, 0.25) is 0 Å². The molecule has 7 nitrogen and oxygen atoms in total. The van der Waals surface area contributed by atoms with Crippen LogP contribution in [0.5, 0.6) is 0 Å². The molecule has 0 unspecified atom stereocenters. The van der Waals surface area contributed by atoms with E-state index in [1.54, 1.807) is 0 Å². The molecule has 0 bridgehead atoms. The summed E-state index contributed by atoms with van der Waals surface area (Å²) in [6, 6.07) is 4.18. The van der Waals surface area contributed by atoms with Crippen molar-refractivity contribution < 1.29 is 14.3 Å². The molecule has 0 radical (unpaired) electrons. The van der Waals surface area contributed by atoms with Crippen LogP contribution in [0.25, 0.3) is 0 Å². The Kier molecular flexibility index (Phi) is 4.65. The third-order valence-corrected chi connectivity index (χ3v) is 5.56. The number of morpholine rings is 1. The van der Waals surface area contributed by atoms with E-state index in [2.05, 4.69) is 32.7 Å². The molecule has 1 aromatic rings. The van der Waals surface area contributed by atoms with Crippen LogP contribution in [-0.4, -0.2) is 56.1 Å². The number of pyridine rings is 1. The summed E-state index contributed by atoms with van der Waals surface area (Å²) in [7, 11) is 0. The molecule has 25 heavy (non-hydrogen) atoms. The van der Waals surface area contributed by atoms with Crippen molar-refractivity contribution >= 4 is 17.6 Å². The van der Waals surface area contributed by atoms with Crippen LogP contribution in [0.1, 0.15) is 25.7 Å². The number of alkyl carbamates (subject to hydrolysis) is 1. The van der Waals surface area contributed by atoms with E-state index < -0.39 is 0 Å². The maximum atomic E-state index is 11.3. The molecule has 1 saturated carbocycles. The molecule has 2 N–H and O–H groups in total. The van der Waals surface area contributed by atoms with Gasteiger partial charge in [-0.3, -0.25) is 0 Å². The Morgan fingerprint density at radius 1 is 1.28 bits per heavy atom. The first-order valence-electron chi connectivity index (χ1n) is 9.22. The molecular formula is C18H26N4O3. The van der Waals surface area contributed by atoms with Crippen molar-refractivity contribution in [3.8, 4) is 0 Å². The lowest BCUT2D eigenvalue weighted by atomic mass is 9.79. The topological polar surface area (TPSA) is 75.7 Å². The number of hydrogen-bond donors (Lipinski definition) is 2. The number of amides is 1. The minimum absolute atomic E-state index is 0.241. The number of aromatic nitrogens is 1. The Hall–Kier alpha value is -2.02. The number of anilines is 2. The van der Waals surface area contributed by atoms with E-state index in [0.717, 1.165) is 70.0 Å². The zero-order valence-electron chi connectivity index (χ0n) is 14.5. The summed E-state index contributed by atoms with van der Waals surface area (Å²) in [6.45, 7) is 4.96. The number of ether oxygens (including phenoxy) is 2. The van der Waals surface area contributed by atoms with Gasteiger partial charge in [-0.1, -0.05) is 0 Å². The highest BCUT2D eigenvalue weighted by Gasteiger charge is 2.43. The van der Waals surface area contributed by atoms with Gasteiger partial charge in [0, 0.05) is 19.6 Å². The lowest BCUT2D eigenvalue weighted by Gasteiger charge is -2.35. The fourth-order valence-corrected chi connectivity index (χ4v) is 3.92. The van der Waals surface area contributed by atoms with Crippen molar-refractivity contribution in [1.29, 1.82) is 0 Å². The van der Waals surface area contributed by atoms with Crippen molar-refractivity contribution in [2.45, 2.75) is 31.3 Å². The molecule has 3 fully saturated rings. The van der Waals surface area contributed by atoms with Crippen molar-refractivity contribution in [2.24, 2.45) is 5.92 Å². The van der Waals surface area contributed by atoms with Crippen LogP contribution in [0.4, 0.5) is 16.3 Å². The highest BCUT2D eigenvalue weighted by atomic mass is 16.6. The Balaban J connectivity index is 1.24. The summed E-state index contributed by atoms with van der Waals surface area (Å²) in [6.07, 6.45) is 5.72. The molecule has 0 atom stereocenters. The van der Waals surface area contributed by atoms with Crippen LogP contribution < -0.4 is 15.5 Å². The fourth-order valence-electron chi connectivity index (χ4n) is 3.92. The molecule has 1 aliphatic carbocycles. The van der Waals surface area contributed by atoms with Gasteiger partial charge in [-0.05, 0) is 43.7 Å². The van der Waals surface area contributed by atoms with Gasteiger partial charge >= 0.3 is 6.09 Å². The summed E-state index contributed by atoms with van der Waals surface area (Å²) < 4.78 is 10.9. The smallest absolute Gasteiger partial charge is 0.407 e. The number of rotatable bonds is 4. The van der Waals surface area contributed by atoms with E-state index in [0.29, 0.717) is 12.5 Å². The minimum atomic E-state index is -0.261. The van der Waals surface area contributed by atoms with E-state index in [-0.39, 0.29) is 11.7 Å². The molecule has 7 heteroatoms. The highest BCUT2D eigenvalue weighted by Crippen LogP contribution is 2.36. The van der Waals surface area contributed by atoms with Crippen molar-refractivity contribution in [3.05, 3.63) is 18.3 Å². The molecule has 1 spiro atoms. The summed E-state index contributed by atoms with van der Waals surface area (Å²) >= 11 is 0. The van der Waals surface area contributed by atoms with Gasteiger partial charge in [0.1, 0.15) is 11.4 Å². The van der Waals surface area contributed by atoms with Crippen LogP contribution in [0.15, 0.2) is 18.3 Å². The van der Waals surface area contributed by atoms with Crippen LogP contribution >= 0.6 is 0 Å². The van der Waals surface area contributed by atoms with Gasteiger partial charge in [-0.15, -0.1) is 0 Å². The summed E-state index contributed by atoms with van der Waals surface area (Å²) in [5, 5.41) is 6.29. The SMILES string of the molecule is O=C1NC[C@]2(CC[C@@H](CNc3ccc(N4CCOCC4)nc3)CC2)O1. The Morgan fingerprint density at radius 3 is 2.72 bits per heavy atom. The lowest BCUT2D eigenvalue weighted by Crippen LogP contribution is -2.39. The monoisotopic (exact) mass is 346 g/mol. The average molecular weight is 346 g/mol. The summed E-state index contributed by atoms with van der Waals surface area (Å²) in [4.78, 5) is 18.1. The first kappa shape index (κ1) is 16.4. The number of carbonyl (C=O) groups is 1. The molecule has 3 heterocycles. The van der Waals surface area contributed by atoms with Gasteiger partial charge in [-0.25, -0.2) is 9.78 Å². The second kappa shape index (κ2) is 7.07. The van der Waals surface area contributed by atoms with Gasteiger partial charge in [0.05, 0.1) is 31.6 Å². The number of hydrogen-bond acceptors (Lipinski definition) is 6. The quantitative estimate of drug-likeness (QED) is 0.868. The molecule has 0 aromatic carbocycles. The fraction of sp³-hybridized carbons (Fsp3) is 0.667. The van der Waals surface area contributed by atoms with E-state index in [1.165, 1.54) is 0 Å². The molecule has 4 rings (SSSR count). The first-order chi connectivity index (χ1) is 12.2. The van der Waals surface area contributed by atoms with Crippen molar-refractivity contribution in [3.63, 3.8) is 0 Å². The molecular weight excluding hydrogens is 320 g/mol. The van der Waals surface area contributed by atoms with Gasteiger partial charge in [-0.2, -0.15) is 0 Å². The van der Waals surface area contributed by atoms with Crippen LogP contribution in [0, 0.1) is 5.92 Å². The van der Waals surface area contributed by atoms with Gasteiger partial charge in [0.25, 0.3) is 0 Å². The van der Waals surface area contributed by atoms with Gasteiger partial charge in [0.2, 0.25) is 0 Å². The Bertz CT molecular complexity index is 593. The highest BCUT2D eigenvalue weighted by molar-refractivity contribution is 5.70. The van der Waals surface area contributed by atoms with E-state index in [4.69, 9.17) is 9.47 Å². The molecule has 136 valence electrons. The zero-order chi connectivity index (χ0) is 17.1. The number of carbonyl (C=O) groups excluding carboxylic acids is 1. The van der Waals surface area contributed by atoms with E-state index in [9.17, 15) is 4.79 Å². The van der Waals surface area contributed by atoms with Gasteiger partial charge < -0.3 is 25.0 Å². The number of nitrogens with zero attached hydrogens (tertiary/aromatic N) is 2. The second-order valence-corrected chi connectivity index (χ2v) is 7.25. The third kappa shape index (κ3) is 3.81. The zero-order valence-corrected chi connectivity index (χ0v) is 14.5. The molecule has 2 saturated heterocycles. The molecule has 1 amide bonds. The largest absolute Gasteiger partial charge is 0.441 e. The first-order valence-corrected chi connectivity index (χ1v) is 9.22. The molecule has 3 aliphatic rings. The third-order valence-electron chi connectivity index (χ3n) is 5.56. The lowest BCUT2D eigenvalue weighted by molar-refractivity contribution is 0.0148. The summed E-state index contributed by atoms with van der Waals surface area (Å²) in [5.41, 5.74) is 0.820. The summed E-state index contributed by atoms with van der Waals surface area (Å²) in [5.74, 6) is 1.63. The molecule has 2 aliphatic heterocycles. The van der Waals surface area contributed by atoms with Crippen LogP contribution in [-0.2, 0) is 9.47 Å². The maximum Gasteiger partial charge on any atom is 0.407 e. The number of nitrogens with one attached hydrogen (secondary N) is 2. The maximum absolute atomic E-state index is 11.3. The normalized spacial score (nSPS) is 29.4. The molecule has 1 aromatic heterocycles. The standard InChI is InChI=1S/C18H26N4O3/c23-17-21-13-18(25-17)5-3-14(4-6-18)11-19-15-1-2-16(20-12-15)22-7-9-24-10-8-22/h1-2,12,14,19H,3-11,13H2,(H,21,23)/t14-,18-. The minimum Gasteiger partial charge on any atom is -0.441 e. The predicted molar refractivity (Wildman–Crippen MR) is 94.9 cm³/mol. The van der Waals surface area contributed by atoms with E-state index >= 15 is 0 Å². The Labute approximate surface area is 148 Å². The van der Waals surface area contributed by atoms with E-state index in [1.807, 2.05) is 6.20 Å². The Morgan fingerprint density at radius 2 is 2.08 bits per heavy atom. The van der Waals surface area contributed by atoms with Crippen LogP contribution in [0.3, 0.4) is 0 Å². The van der Waals surface area contributed by atoms with Crippen molar-refractivity contribution in [1.82, 2.24) is 10.3 Å². The second-order valence-electron chi connectivity index (χ2n) is 7.25.